The Balaban J connectivity index is 2.22. The quantitative estimate of drug-likeness (QED) is 0.844. The molecule has 17 heavy (non-hydrogen) atoms. The minimum atomic E-state index is -0.326. The average molecular weight is 226 g/mol. The van der Waals surface area contributed by atoms with E-state index in [1.807, 2.05) is 6.07 Å². The van der Waals surface area contributed by atoms with Gasteiger partial charge < -0.3 is 9.88 Å². The second-order valence-electron chi connectivity index (χ2n) is 3.54. The van der Waals surface area contributed by atoms with Crippen molar-refractivity contribution < 1.29 is 4.79 Å². The van der Waals surface area contributed by atoms with Crippen molar-refractivity contribution in [2.24, 2.45) is 7.05 Å². The maximum Gasteiger partial charge on any atom is 0.275 e. The third kappa shape index (κ3) is 2.32. The first-order chi connectivity index (χ1) is 8.20. The summed E-state index contributed by atoms with van der Waals surface area (Å²) >= 11 is 0. The lowest BCUT2D eigenvalue weighted by Crippen LogP contribution is -2.13. The number of hydrogen-bond acceptors (Lipinski definition) is 3. The van der Waals surface area contributed by atoms with Gasteiger partial charge in [-0.05, 0) is 12.1 Å². The van der Waals surface area contributed by atoms with Crippen LogP contribution in [0, 0.1) is 11.3 Å². The van der Waals surface area contributed by atoms with Crippen LogP contribution in [0.3, 0.4) is 0 Å². The molecule has 0 fully saturated rings. The molecule has 5 nitrogen and oxygen atoms in total. The zero-order valence-corrected chi connectivity index (χ0v) is 9.21. The summed E-state index contributed by atoms with van der Waals surface area (Å²) in [7, 11) is 1.78. The number of amides is 1. The minimum absolute atomic E-state index is 0.320. The van der Waals surface area contributed by atoms with E-state index in [0.717, 1.165) is 0 Å². The summed E-state index contributed by atoms with van der Waals surface area (Å²) in [5.41, 5.74) is 1.24. The minimum Gasteiger partial charge on any atom is -0.340 e. The van der Waals surface area contributed by atoms with Gasteiger partial charge in [0, 0.05) is 13.2 Å². The highest BCUT2D eigenvalue weighted by atomic mass is 16.1. The van der Waals surface area contributed by atoms with E-state index in [1.54, 1.807) is 48.4 Å². The fraction of sp³-hybridized carbons (Fsp3) is 0.0833. The summed E-state index contributed by atoms with van der Waals surface area (Å²) in [5, 5.41) is 11.5. The van der Waals surface area contributed by atoms with Crippen LogP contribution in [-0.4, -0.2) is 15.5 Å². The molecular formula is C12H10N4O. The maximum atomic E-state index is 11.8. The number of carbonyl (C=O) groups is 1. The van der Waals surface area contributed by atoms with Gasteiger partial charge in [0.1, 0.15) is 11.8 Å². The lowest BCUT2D eigenvalue weighted by atomic mass is 10.2. The van der Waals surface area contributed by atoms with Crippen LogP contribution >= 0.6 is 0 Å². The van der Waals surface area contributed by atoms with Gasteiger partial charge in [0.2, 0.25) is 0 Å². The number of aryl methyl sites for hydroxylation is 1. The molecule has 0 unspecified atom stereocenters. The Bertz CT molecular complexity index is 595. The van der Waals surface area contributed by atoms with Crippen molar-refractivity contribution in [1.82, 2.24) is 9.55 Å². The van der Waals surface area contributed by atoms with E-state index in [1.165, 1.54) is 0 Å². The summed E-state index contributed by atoms with van der Waals surface area (Å²) in [5.74, 6) is -0.326. The molecule has 0 radical (unpaired) electrons. The van der Waals surface area contributed by atoms with Gasteiger partial charge in [-0.3, -0.25) is 4.79 Å². The SMILES string of the molecule is Cn1cnc(C(=O)Nc2ccccc2C#N)c1. The van der Waals surface area contributed by atoms with E-state index < -0.39 is 0 Å². The van der Waals surface area contributed by atoms with Gasteiger partial charge in [0.25, 0.3) is 5.91 Å². The van der Waals surface area contributed by atoms with E-state index in [-0.39, 0.29) is 5.91 Å². The Morgan fingerprint density at radius 3 is 2.88 bits per heavy atom. The van der Waals surface area contributed by atoms with Crippen LogP contribution in [0.25, 0.3) is 0 Å². The highest BCUT2D eigenvalue weighted by Crippen LogP contribution is 2.14. The molecule has 1 heterocycles. The number of anilines is 1. The third-order valence-electron chi connectivity index (χ3n) is 2.23. The Morgan fingerprint density at radius 1 is 1.47 bits per heavy atom. The Labute approximate surface area is 98.3 Å². The second kappa shape index (κ2) is 4.49. The van der Waals surface area contributed by atoms with Crippen molar-refractivity contribution in [3.63, 3.8) is 0 Å². The van der Waals surface area contributed by atoms with E-state index in [9.17, 15) is 4.79 Å². The number of para-hydroxylation sites is 1. The van der Waals surface area contributed by atoms with Crippen molar-refractivity contribution >= 4 is 11.6 Å². The summed E-state index contributed by atoms with van der Waals surface area (Å²) in [6.45, 7) is 0. The molecule has 84 valence electrons. The number of carbonyl (C=O) groups excluding carboxylic acids is 1. The van der Waals surface area contributed by atoms with Gasteiger partial charge >= 0.3 is 0 Å². The molecule has 0 bridgehead atoms. The molecule has 2 aromatic rings. The van der Waals surface area contributed by atoms with Gasteiger partial charge in [-0.2, -0.15) is 5.26 Å². The molecule has 1 aromatic heterocycles. The zero-order valence-electron chi connectivity index (χ0n) is 9.21. The molecule has 0 saturated heterocycles. The van der Waals surface area contributed by atoms with E-state index in [4.69, 9.17) is 5.26 Å². The van der Waals surface area contributed by atoms with Crippen LogP contribution in [-0.2, 0) is 7.05 Å². The summed E-state index contributed by atoms with van der Waals surface area (Å²) in [4.78, 5) is 15.7. The predicted octanol–water partition coefficient (Wildman–Crippen LogP) is 1.54. The molecule has 1 amide bonds. The van der Waals surface area contributed by atoms with E-state index in [2.05, 4.69) is 10.3 Å². The molecule has 2 rings (SSSR count). The topological polar surface area (TPSA) is 70.7 Å². The molecule has 0 atom stereocenters. The Hall–Kier alpha value is -2.61. The third-order valence-corrected chi connectivity index (χ3v) is 2.23. The van der Waals surface area contributed by atoms with E-state index in [0.29, 0.717) is 16.9 Å². The predicted molar refractivity (Wildman–Crippen MR) is 62.3 cm³/mol. The molecular weight excluding hydrogens is 216 g/mol. The fourth-order valence-corrected chi connectivity index (χ4v) is 1.41. The van der Waals surface area contributed by atoms with Crippen LogP contribution in [0.4, 0.5) is 5.69 Å². The summed E-state index contributed by atoms with van der Waals surface area (Å²) < 4.78 is 1.69. The summed E-state index contributed by atoms with van der Waals surface area (Å²) in [6.07, 6.45) is 3.16. The van der Waals surface area contributed by atoms with Crippen LogP contribution in [0.2, 0.25) is 0 Å². The van der Waals surface area contributed by atoms with Crippen molar-refractivity contribution in [3.05, 3.63) is 48.0 Å². The molecule has 5 heteroatoms. The van der Waals surface area contributed by atoms with Gasteiger partial charge in [-0.25, -0.2) is 4.98 Å². The first kappa shape index (κ1) is 10.9. The van der Waals surface area contributed by atoms with Crippen molar-refractivity contribution in [1.29, 1.82) is 5.26 Å². The Kier molecular flexibility index (Phi) is 2.88. The lowest BCUT2D eigenvalue weighted by molar-refractivity contribution is 0.102. The standard InChI is InChI=1S/C12H10N4O/c1-16-7-11(14-8-16)12(17)15-10-5-3-2-4-9(10)6-13/h2-5,7-8H,1H3,(H,15,17). The zero-order chi connectivity index (χ0) is 12.3. The smallest absolute Gasteiger partial charge is 0.275 e. The van der Waals surface area contributed by atoms with E-state index >= 15 is 0 Å². The first-order valence-corrected chi connectivity index (χ1v) is 4.99. The van der Waals surface area contributed by atoms with Crippen molar-refractivity contribution in [2.45, 2.75) is 0 Å². The van der Waals surface area contributed by atoms with Gasteiger partial charge in [0.05, 0.1) is 17.6 Å². The molecule has 0 saturated carbocycles. The largest absolute Gasteiger partial charge is 0.340 e. The lowest BCUT2D eigenvalue weighted by Gasteiger charge is -2.04. The highest BCUT2D eigenvalue weighted by molar-refractivity contribution is 6.03. The monoisotopic (exact) mass is 226 g/mol. The second-order valence-corrected chi connectivity index (χ2v) is 3.54. The number of imidazole rings is 1. The number of hydrogen-bond donors (Lipinski definition) is 1. The number of benzene rings is 1. The van der Waals surface area contributed by atoms with Gasteiger partial charge in [0.15, 0.2) is 0 Å². The van der Waals surface area contributed by atoms with Crippen LogP contribution in [0.15, 0.2) is 36.8 Å². The number of nitrogens with zero attached hydrogens (tertiary/aromatic N) is 3. The van der Waals surface area contributed by atoms with Crippen molar-refractivity contribution in [2.75, 3.05) is 5.32 Å². The molecule has 0 spiro atoms. The number of nitrogens with one attached hydrogen (secondary N) is 1. The molecule has 1 aromatic carbocycles. The number of rotatable bonds is 2. The first-order valence-electron chi connectivity index (χ1n) is 4.99. The normalized spacial score (nSPS) is 9.65. The highest BCUT2D eigenvalue weighted by Gasteiger charge is 2.10. The maximum absolute atomic E-state index is 11.8. The molecule has 0 aliphatic carbocycles. The molecule has 0 aliphatic heterocycles. The average Bonchev–Trinajstić information content (AvgIpc) is 2.77. The van der Waals surface area contributed by atoms with Crippen molar-refractivity contribution in [3.8, 4) is 6.07 Å². The molecule has 0 aliphatic rings. The van der Waals surface area contributed by atoms with Gasteiger partial charge in [-0.1, -0.05) is 12.1 Å². The fourth-order valence-electron chi connectivity index (χ4n) is 1.41. The Morgan fingerprint density at radius 2 is 2.24 bits per heavy atom. The van der Waals surface area contributed by atoms with Crippen LogP contribution < -0.4 is 5.32 Å². The summed E-state index contributed by atoms with van der Waals surface area (Å²) in [6, 6.07) is 8.85. The van der Waals surface area contributed by atoms with Crippen LogP contribution in [0.1, 0.15) is 16.1 Å². The number of aromatic nitrogens is 2. The number of nitriles is 1. The van der Waals surface area contributed by atoms with Crippen LogP contribution in [0.5, 0.6) is 0 Å². The van der Waals surface area contributed by atoms with Gasteiger partial charge in [-0.15, -0.1) is 0 Å². The molecule has 1 N–H and O–H groups in total.